The lowest BCUT2D eigenvalue weighted by molar-refractivity contribution is -0.137. The molecule has 3 aliphatic rings. The van der Waals surface area contributed by atoms with E-state index in [0.717, 1.165) is 55.9 Å². The molecule has 4 rings (SSSR count). The lowest BCUT2D eigenvalue weighted by Gasteiger charge is -2.33. The zero-order valence-corrected chi connectivity index (χ0v) is 14.5. The molecular weight excluding hydrogens is 300 g/mol. The van der Waals surface area contributed by atoms with Gasteiger partial charge >= 0.3 is 0 Å². The van der Waals surface area contributed by atoms with E-state index in [1.165, 1.54) is 32.1 Å². The average Bonchev–Trinajstić information content (AvgIpc) is 2.68. The van der Waals surface area contributed by atoms with Gasteiger partial charge in [-0.3, -0.25) is 4.79 Å². The maximum atomic E-state index is 12.8. The van der Waals surface area contributed by atoms with Crippen LogP contribution in [0.4, 0.5) is 0 Å². The zero-order chi connectivity index (χ0) is 16.4. The maximum Gasteiger partial charge on any atom is 0.225 e. The number of rotatable bonds is 2. The molecule has 0 radical (unpaired) electrons. The summed E-state index contributed by atoms with van der Waals surface area (Å²) >= 11 is 0. The smallest absolute Gasteiger partial charge is 0.225 e. The fourth-order valence-electron chi connectivity index (χ4n) is 4.37. The Bertz CT molecular complexity index is 591. The summed E-state index contributed by atoms with van der Waals surface area (Å²) in [7, 11) is 0. The van der Waals surface area contributed by atoms with Crippen molar-refractivity contribution in [2.75, 3.05) is 13.1 Å². The molecule has 130 valence electrons. The first-order chi connectivity index (χ1) is 11.8. The molecule has 5 nitrogen and oxygen atoms in total. The van der Waals surface area contributed by atoms with Gasteiger partial charge in [0.05, 0.1) is 11.7 Å². The number of fused-ring (bicyclic) bond motifs is 1. The fraction of sp³-hybridized carbons (Fsp3) is 0.737. The van der Waals surface area contributed by atoms with E-state index in [4.69, 9.17) is 4.98 Å². The lowest BCUT2D eigenvalue weighted by Crippen LogP contribution is -2.41. The van der Waals surface area contributed by atoms with E-state index in [1.54, 1.807) is 0 Å². The Morgan fingerprint density at radius 2 is 1.96 bits per heavy atom. The highest BCUT2D eigenvalue weighted by Gasteiger charge is 2.29. The monoisotopic (exact) mass is 328 g/mol. The van der Waals surface area contributed by atoms with E-state index in [2.05, 4.69) is 10.3 Å². The van der Waals surface area contributed by atoms with Crippen LogP contribution in [0.15, 0.2) is 6.20 Å². The van der Waals surface area contributed by atoms with E-state index in [9.17, 15) is 4.79 Å². The van der Waals surface area contributed by atoms with Crippen molar-refractivity contribution in [2.45, 2.75) is 70.4 Å². The molecule has 0 bridgehead atoms. The summed E-state index contributed by atoms with van der Waals surface area (Å²) in [5.74, 6) is 1.56. The number of carbonyl (C=O) groups is 1. The Morgan fingerprint density at radius 1 is 1.12 bits per heavy atom. The lowest BCUT2D eigenvalue weighted by atomic mass is 9.88. The summed E-state index contributed by atoms with van der Waals surface area (Å²) in [5, 5.41) is 3.52. The minimum atomic E-state index is 0.256. The molecule has 5 heteroatoms. The van der Waals surface area contributed by atoms with Crippen LogP contribution >= 0.6 is 0 Å². The number of nitrogens with zero attached hydrogens (tertiary/aromatic N) is 3. The van der Waals surface area contributed by atoms with Gasteiger partial charge in [0, 0.05) is 37.2 Å². The van der Waals surface area contributed by atoms with Crippen LogP contribution < -0.4 is 5.32 Å². The Kier molecular flexibility index (Phi) is 4.79. The van der Waals surface area contributed by atoms with Crippen molar-refractivity contribution in [3.8, 4) is 0 Å². The van der Waals surface area contributed by atoms with Crippen LogP contribution in [-0.2, 0) is 17.8 Å². The van der Waals surface area contributed by atoms with Gasteiger partial charge in [-0.15, -0.1) is 0 Å². The van der Waals surface area contributed by atoms with E-state index >= 15 is 0 Å². The van der Waals surface area contributed by atoms with E-state index < -0.39 is 0 Å². The SMILES string of the molecule is O=C(C1CCCCC1)N1CCc2nc([C@H]3CCCCN3)ncc2C1. The number of hydrogen-bond acceptors (Lipinski definition) is 4. The quantitative estimate of drug-likeness (QED) is 0.907. The predicted octanol–water partition coefficient (Wildman–Crippen LogP) is 2.76. The molecule has 1 N–H and O–H groups in total. The predicted molar refractivity (Wildman–Crippen MR) is 92.3 cm³/mol. The molecule has 1 atom stereocenters. The molecule has 1 amide bonds. The van der Waals surface area contributed by atoms with Crippen molar-refractivity contribution < 1.29 is 4.79 Å². The third-order valence-electron chi connectivity index (χ3n) is 5.84. The van der Waals surface area contributed by atoms with E-state index in [-0.39, 0.29) is 5.92 Å². The van der Waals surface area contributed by atoms with Crippen molar-refractivity contribution >= 4 is 5.91 Å². The summed E-state index contributed by atoms with van der Waals surface area (Å²) in [6.07, 6.45) is 12.3. The molecule has 24 heavy (non-hydrogen) atoms. The molecule has 3 heterocycles. The summed E-state index contributed by atoms with van der Waals surface area (Å²) in [5.41, 5.74) is 2.30. The van der Waals surface area contributed by atoms with Crippen molar-refractivity contribution in [3.63, 3.8) is 0 Å². The topological polar surface area (TPSA) is 58.1 Å². The van der Waals surface area contributed by atoms with E-state index in [1.807, 2.05) is 11.1 Å². The molecule has 1 aliphatic carbocycles. The number of amides is 1. The van der Waals surface area contributed by atoms with Crippen LogP contribution in [0.2, 0.25) is 0 Å². The highest BCUT2D eigenvalue weighted by molar-refractivity contribution is 5.79. The molecule has 1 aromatic heterocycles. The molecule has 1 saturated heterocycles. The molecule has 1 saturated carbocycles. The van der Waals surface area contributed by atoms with Gasteiger partial charge in [-0.05, 0) is 32.2 Å². The minimum Gasteiger partial charge on any atom is -0.338 e. The van der Waals surface area contributed by atoms with Crippen LogP contribution in [0.3, 0.4) is 0 Å². The Labute approximate surface area is 144 Å². The van der Waals surface area contributed by atoms with Gasteiger partial charge in [0.1, 0.15) is 5.82 Å². The van der Waals surface area contributed by atoms with Crippen molar-refractivity contribution in [2.24, 2.45) is 5.92 Å². The number of nitrogens with one attached hydrogen (secondary N) is 1. The average molecular weight is 328 g/mol. The van der Waals surface area contributed by atoms with Gasteiger partial charge in [0.25, 0.3) is 0 Å². The molecule has 0 spiro atoms. The molecule has 2 aliphatic heterocycles. The highest BCUT2D eigenvalue weighted by atomic mass is 16.2. The number of aromatic nitrogens is 2. The third kappa shape index (κ3) is 3.32. The highest BCUT2D eigenvalue weighted by Crippen LogP contribution is 2.28. The van der Waals surface area contributed by atoms with Gasteiger partial charge in [-0.2, -0.15) is 0 Å². The third-order valence-corrected chi connectivity index (χ3v) is 5.84. The second-order valence-corrected chi connectivity index (χ2v) is 7.55. The molecule has 0 unspecified atom stereocenters. The summed E-state index contributed by atoms with van der Waals surface area (Å²) in [6.45, 7) is 2.58. The van der Waals surface area contributed by atoms with Gasteiger partial charge in [-0.1, -0.05) is 25.7 Å². The van der Waals surface area contributed by atoms with Crippen LogP contribution in [0, 0.1) is 5.92 Å². The number of piperidine rings is 1. The van der Waals surface area contributed by atoms with Gasteiger partial charge in [0.2, 0.25) is 5.91 Å². The Morgan fingerprint density at radius 3 is 2.75 bits per heavy atom. The second-order valence-electron chi connectivity index (χ2n) is 7.55. The maximum absolute atomic E-state index is 12.8. The van der Waals surface area contributed by atoms with Gasteiger partial charge in [-0.25, -0.2) is 9.97 Å². The minimum absolute atomic E-state index is 0.256. The van der Waals surface area contributed by atoms with Crippen LogP contribution in [0.25, 0.3) is 0 Å². The molecular formula is C19H28N4O. The van der Waals surface area contributed by atoms with Gasteiger partial charge in [0.15, 0.2) is 0 Å². The Hall–Kier alpha value is -1.49. The van der Waals surface area contributed by atoms with Crippen molar-refractivity contribution in [1.82, 2.24) is 20.2 Å². The zero-order valence-electron chi connectivity index (χ0n) is 14.5. The van der Waals surface area contributed by atoms with Crippen LogP contribution in [0.1, 0.15) is 74.5 Å². The largest absolute Gasteiger partial charge is 0.338 e. The molecule has 2 fully saturated rings. The summed E-state index contributed by atoms with van der Waals surface area (Å²) in [6, 6.07) is 0.311. The first-order valence-electron chi connectivity index (χ1n) is 9.68. The Balaban J connectivity index is 1.44. The van der Waals surface area contributed by atoms with Crippen LogP contribution in [0.5, 0.6) is 0 Å². The number of hydrogen-bond donors (Lipinski definition) is 1. The van der Waals surface area contributed by atoms with E-state index in [0.29, 0.717) is 18.5 Å². The van der Waals surface area contributed by atoms with Crippen molar-refractivity contribution in [1.29, 1.82) is 0 Å². The van der Waals surface area contributed by atoms with Crippen LogP contribution in [-0.4, -0.2) is 33.9 Å². The summed E-state index contributed by atoms with van der Waals surface area (Å²) in [4.78, 5) is 24.2. The first-order valence-corrected chi connectivity index (χ1v) is 9.68. The second kappa shape index (κ2) is 7.18. The standard InChI is InChI=1S/C19H28N4O/c24-19(14-6-2-1-3-7-14)23-11-9-16-15(13-23)12-21-18(22-16)17-8-4-5-10-20-17/h12,14,17,20H,1-11,13H2/t17-/m1/s1. The van der Waals surface area contributed by atoms with Gasteiger partial charge < -0.3 is 10.2 Å². The van der Waals surface area contributed by atoms with Crippen molar-refractivity contribution in [3.05, 3.63) is 23.3 Å². The molecule has 0 aromatic carbocycles. The number of carbonyl (C=O) groups excluding carboxylic acids is 1. The molecule has 1 aromatic rings. The fourth-order valence-corrected chi connectivity index (χ4v) is 4.37. The summed E-state index contributed by atoms with van der Waals surface area (Å²) < 4.78 is 0. The normalized spacial score (nSPS) is 25.3. The first kappa shape index (κ1) is 16.0.